The Morgan fingerprint density at radius 1 is 1.20 bits per heavy atom. The smallest absolute Gasteiger partial charge is 0.408 e. The van der Waals surface area contributed by atoms with Crippen LogP contribution < -0.4 is 15.4 Å². The molecule has 0 spiro atoms. The SMILES string of the molecule is COc1cc(NC(=O)[C@H](Cc2c[nH]c3ccccc23)NC(=O)OC(C)(C)C)ccn1. The number of aromatic nitrogens is 2. The number of fused-ring (bicyclic) bond motifs is 1. The Bertz CT molecular complexity index is 1040. The second-order valence-corrected chi connectivity index (χ2v) is 7.84. The van der Waals surface area contributed by atoms with Crippen LogP contribution in [-0.4, -0.2) is 40.7 Å². The minimum Gasteiger partial charge on any atom is -0.481 e. The quantitative estimate of drug-likeness (QED) is 0.575. The highest BCUT2D eigenvalue weighted by atomic mass is 16.6. The molecular formula is C22H26N4O4. The molecule has 3 rings (SSSR count). The number of nitrogens with zero attached hydrogens (tertiary/aromatic N) is 1. The molecule has 2 amide bonds. The van der Waals surface area contributed by atoms with Crippen LogP contribution in [0.2, 0.25) is 0 Å². The van der Waals surface area contributed by atoms with E-state index in [1.807, 2.05) is 30.5 Å². The number of H-pyrrole nitrogens is 1. The summed E-state index contributed by atoms with van der Waals surface area (Å²) in [5, 5.41) is 6.49. The number of carbonyl (C=O) groups excluding carboxylic acids is 2. The minimum atomic E-state index is -0.849. The van der Waals surface area contributed by atoms with Crippen molar-refractivity contribution in [3.8, 4) is 5.88 Å². The van der Waals surface area contributed by atoms with Gasteiger partial charge in [0.25, 0.3) is 0 Å². The monoisotopic (exact) mass is 410 g/mol. The van der Waals surface area contributed by atoms with Gasteiger partial charge in [0.15, 0.2) is 0 Å². The Hall–Kier alpha value is -3.55. The molecule has 0 aliphatic carbocycles. The summed E-state index contributed by atoms with van der Waals surface area (Å²) in [6, 6.07) is 10.2. The molecule has 1 aromatic carbocycles. The fourth-order valence-electron chi connectivity index (χ4n) is 3.01. The standard InChI is InChI=1S/C22H26N4O4/c1-22(2,3)30-21(28)26-18(11-14-13-24-17-8-6-5-7-16(14)17)20(27)25-15-9-10-23-19(12-15)29-4/h5-10,12-13,18,24H,11H2,1-4H3,(H,26,28)(H,23,25,27)/t18-/m0/s1. The van der Waals surface area contributed by atoms with Crippen LogP contribution in [0.1, 0.15) is 26.3 Å². The highest BCUT2D eigenvalue weighted by Crippen LogP contribution is 2.20. The fourth-order valence-corrected chi connectivity index (χ4v) is 3.01. The predicted molar refractivity (Wildman–Crippen MR) is 115 cm³/mol. The number of pyridine rings is 1. The normalized spacial score (nSPS) is 12.3. The third kappa shape index (κ3) is 5.50. The van der Waals surface area contributed by atoms with Crippen molar-refractivity contribution in [2.45, 2.75) is 38.8 Å². The van der Waals surface area contributed by atoms with Crippen LogP contribution in [0.3, 0.4) is 0 Å². The molecule has 0 saturated heterocycles. The first kappa shape index (κ1) is 21.2. The van der Waals surface area contributed by atoms with E-state index in [0.29, 0.717) is 11.6 Å². The molecule has 8 nitrogen and oxygen atoms in total. The summed E-state index contributed by atoms with van der Waals surface area (Å²) >= 11 is 0. The van der Waals surface area contributed by atoms with E-state index in [0.717, 1.165) is 16.5 Å². The molecule has 30 heavy (non-hydrogen) atoms. The number of methoxy groups -OCH3 is 1. The lowest BCUT2D eigenvalue weighted by Gasteiger charge is -2.23. The Kier molecular flexibility index (Phi) is 6.25. The highest BCUT2D eigenvalue weighted by Gasteiger charge is 2.26. The van der Waals surface area contributed by atoms with Gasteiger partial charge in [-0.15, -0.1) is 0 Å². The van der Waals surface area contributed by atoms with Crippen LogP contribution in [0.15, 0.2) is 48.8 Å². The first-order valence-electron chi connectivity index (χ1n) is 9.60. The molecule has 0 aliphatic rings. The fraction of sp³-hybridized carbons (Fsp3) is 0.318. The summed E-state index contributed by atoms with van der Waals surface area (Å²) in [6.45, 7) is 5.31. The number of aromatic amines is 1. The van der Waals surface area contributed by atoms with E-state index in [9.17, 15) is 9.59 Å². The van der Waals surface area contributed by atoms with Crippen LogP contribution in [0.5, 0.6) is 5.88 Å². The summed E-state index contributed by atoms with van der Waals surface area (Å²) in [5.41, 5.74) is 1.71. The van der Waals surface area contributed by atoms with Crippen molar-refractivity contribution in [2.75, 3.05) is 12.4 Å². The summed E-state index contributed by atoms with van der Waals surface area (Å²) in [7, 11) is 1.50. The van der Waals surface area contributed by atoms with E-state index in [-0.39, 0.29) is 12.3 Å². The number of alkyl carbamates (subject to hydrolysis) is 1. The Balaban J connectivity index is 1.82. The Morgan fingerprint density at radius 2 is 1.97 bits per heavy atom. The van der Waals surface area contributed by atoms with Gasteiger partial charge in [-0.2, -0.15) is 0 Å². The lowest BCUT2D eigenvalue weighted by atomic mass is 10.0. The van der Waals surface area contributed by atoms with Crippen LogP contribution in [0.4, 0.5) is 10.5 Å². The van der Waals surface area contributed by atoms with Crippen molar-refractivity contribution in [3.63, 3.8) is 0 Å². The maximum absolute atomic E-state index is 13.0. The van der Waals surface area contributed by atoms with Crippen LogP contribution in [0, 0.1) is 0 Å². The molecule has 1 atom stereocenters. The van der Waals surface area contributed by atoms with E-state index < -0.39 is 17.7 Å². The first-order valence-corrected chi connectivity index (χ1v) is 9.60. The van der Waals surface area contributed by atoms with Crippen molar-refractivity contribution < 1.29 is 19.1 Å². The zero-order valence-electron chi connectivity index (χ0n) is 17.5. The number of rotatable bonds is 6. The van der Waals surface area contributed by atoms with Crippen molar-refractivity contribution in [3.05, 3.63) is 54.4 Å². The number of hydrogen-bond acceptors (Lipinski definition) is 5. The van der Waals surface area contributed by atoms with Gasteiger partial charge in [0.05, 0.1) is 7.11 Å². The molecule has 0 radical (unpaired) electrons. The average Bonchev–Trinajstić information content (AvgIpc) is 3.09. The van der Waals surface area contributed by atoms with Gasteiger partial charge in [-0.25, -0.2) is 9.78 Å². The molecule has 3 N–H and O–H groups in total. The van der Waals surface area contributed by atoms with Gasteiger partial charge in [-0.3, -0.25) is 4.79 Å². The van der Waals surface area contributed by atoms with Gasteiger partial charge < -0.3 is 25.1 Å². The summed E-state index contributed by atoms with van der Waals surface area (Å²) in [5.74, 6) is 0.000438. The van der Waals surface area contributed by atoms with Crippen LogP contribution in [-0.2, 0) is 16.0 Å². The number of hydrogen-bond donors (Lipinski definition) is 3. The van der Waals surface area contributed by atoms with E-state index in [4.69, 9.17) is 9.47 Å². The maximum atomic E-state index is 13.0. The molecule has 3 aromatic rings. The number of amides is 2. The summed E-state index contributed by atoms with van der Waals surface area (Å²) < 4.78 is 10.4. The molecule has 0 saturated carbocycles. The minimum absolute atomic E-state index is 0.289. The summed E-state index contributed by atoms with van der Waals surface area (Å²) in [6.07, 6.45) is 3.01. The number of nitrogens with one attached hydrogen (secondary N) is 3. The summed E-state index contributed by atoms with van der Waals surface area (Å²) in [4.78, 5) is 32.6. The van der Waals surface area contributed by atoms with Crippen molar-refractivity contribution in [2.24, 2.45) is 0 Å². The maximum Gasteiger partial charge on any atom is 0.408 e. The molecule has 0 unspecified atom stereocenters. The second kappa shape index (κ2) is 8.86. The molecule has 8 heteroatoms. The number of benzene rings is 1. The van der Waals surface area contributed by atoms with Gasteiger partial charge in [0.1, 0.15) is 11.6 Å². The zero-order chi connectivity index (χ0) is 21.7. The number of carbonyl (C=O) groups is 2. The number of ether oxygens (including phenoxy) is 2. The van der Waals surface area contributed by atoms with E-state index in [1.165, 1.54) is 13.3 Å². The average molecular weight is 410 g/mol. The zero-order valence-corrected chi connectivity index (χ0v) is 17.5. The lowest BCUT2D eigenvalue weighted by Crippen LogP contribution is -2.47. The van der Waals surface area contributed by atoms with Gasteiger partial charge in [0.2, 0.25) is 11.8 Å². The van der Waals surface area contributed by atoms with E-state index >= 15 is 0 Å². The largest absolute Gasteiger partial charge is 0.481 e. The number of para-hydroxylation sites is 1. The van der Waals surface area contributed by atoms with E-state index in [2.05, 4.69) is 20.6 Å². The van der Waals surface area contributed by atoms with E-state index in [1.54, 1.807) is 32.9 Å². The van der Waals surface area contributed by atoms with Crippen LogP contribution >= 0.6 is 0 Å². The van der Waals surface area contributed by atoms with Crippen molar-refractivity contribution in [1.29, 1.82) is 0 Å². The second-order valence-electron chi connectivity index (χ2n) is 7.84. The molecular weight excluding hydrogens is 384 g/mol. The van der Waals surface area contributed by atoms with Crippen molar-refractivity contribution in [1.82, 2.24) is 15.3 Å². The lowest BCUT2D eigenvalue weighted by molar-refractivity contribution is -0.118. The van der Waals surface area contributed by atoms with Gasteiger partial charge in [0, 0.05) is 41.5 Å². The number of anilines is 1. The topological polar surface area (TPSA) is 105 Å². The van der Waals surface area contributed by atoms with Gasteiger partial charge in [-0.05, 0) is 38.5 Å². The molecule has 0 fully saturated rings. The third-order valence-electron chi connectivity index (χ3n) is 4.32. The molecule has 158 valence electrons. The first-order chi connectivity index (χ1) is 14.2. The van der Waals surface area contributed by atoms with Crippen LogP contribution in [0.25, 0.3) is 10.9 Å². The van der Waals surface area contributed by atoms with Gasteiger partial charge in [-0.1, -0.05) is 18.2 Å². The Morgan fingerprint density at radius 3 is 2.70 bits per heavy atom. The van der Waals surface area contributed by atoms with Gasteiger partial charge >= 0.3 is 6.09 Å². The molecule has 0 bridgehead atoms. The third-order valence-corrected chi connectivity index (χ3v) is 4.32. The predicted octanol–water partition coefficient (Wildman–Crippen LogP) is 3.65. The highest BCUT2D eigenvalue weighted by molar-refractivity contribution is 5.97. The molecule has 2 heterocycles. The molecule has 2 aromatic heterocycles. The Labute approximate surface area is 175 Å². The molecule has 0 aliphatic heterocycles. The van der Waals surface area contributed by atoms with Crippen molar-refractivity contribution >= 4 is 28.6 Å².